The lowest BCUT2D eigenvalue weighted by molar-refractivity contribution is -0.122. The van der Waals surface area contributed by atoms with E-state index in [4.69, 9.17) is 5.11 Å². The number of ketones is 1. The second kappa shape index (κ2) is 10.5. The summed E-state index contributed by atoms with van der Waals surface area (Å²) in [6.07, 6.45) is -0.665. The van der Waals surface area contributed by atoms with Crippen molar-refractivity contribution in [1.29, 1.82) is 0 Å². The first kappa shape index (κ1) is 20.6. The predicted octanol–water partition coefficient (Wildman–Crippen LogP) is 3.94. The Morgan fingerprint density at radius 3 is 1.81 bits per heavy atom. The number of hydrogen-bond donors (Lipinski definition) is 2. The van der Waals surface area contributed by atoms with Crippen LogP contribution in [0.15, 0.2) is 60.7 Å². The summed E-state index contributed by atoms with van der Waals surface area (Å²) in [5.74, 6) is 0.125. The fourth-order valence-electron chi connectivity index (χ4n) is 3.07. The van der Waals surface area contributed by atoms with Gasteiger partial charge in [-0.15, -0.1) is 0 Å². The van der Waals surface area contributed by atoms with Gasteiger partial charge in [0.25, 0.3) is 0 Å². The smallest absolute Gasteiger partial charge is 0.405 e. The minimum Gasteiger partial charge on any atom is -0.465 e. The van der Waals surface area contributed by atoms with E-state index in [1.165, 1.54) is 0 Å². The van der Waals surface area contributed by atoms with Gasteiger partial charge in [-0.3, -0.25) is 9.69 Å². The van der Waals surface area contributed by atoms with Gasteiger partial charge >= 0.3 is 6.09 Å². The van der Waals surface area contributed by atoms with Crippen molar-refractivity contribution in [2.45, 2.75) is 39.4 Å². The average molecular weight is 368 g/mol. The minimum atomic E-state index is -1.16. The number of amides is 1. The highest BCUT2D eigenvalue weighted by Crippen LogP contribution is 2.12. The Kier molecular flexibility index (Phi) is 8.01. The maximum absolute atomic E-state index is 12.8. The maximum atomic E-state index is 12.8. The Morgan fingerprint density at radius 2 is 1.41 bits per heavy atom. The summed E-state index contributed by atoms with van der Waals surface area (Å²) in [5.41, 5.74) is 2.24. The summed E-state index contributed by atoms with van der Waals surface area (Å²) in [5, 5.41) is 11.5. The Balaban J connectivity index is 2.13. The van der Waals surface area contributed by atoms with E-state index in [0.29, 0.717) is 19.5 Å². The van der Waals surface area contributed by atoms with Crippen LogP contribution in [0.2, 0.25) is 0 Å². The van der Waals surface area contributed by atoms with Crippen LogP contribution in [0.25, 0.3) is 0 Å². The third-order valence-corrected chi connectivity index (χ3v) is 4.27. The summed E-state index contributed by atoms with van der Waals surface area (Å²) in [4.78, 5) is 26.0. The van der Waals surface area contributed by atoms with Gasteiger partial charge in [0.05, 0.1) is 12.6 Å². The number of rotatable bonds is 10. The van der Waals surface area contributed by atoms with Gasteiger partial charge < -0.3 is 10.4 Å². The topological polar surface area (TPSA) is 69.6 Å². The third-order valence-electron chi connectivity index (χ3n) is 4.27. The number of nitrogens with one attached hydrogen (secondary N) is 1. The van der Waals surface area contributed by atoms with Crippen LogP contribution >= 0.6 is 0 Å². The zero-order valence-electron chi connectivity index (χ0n) is 16.0. The Bertz CT molecular complexity index is 675. The molecule has 5 heteroatoms. The van der Waals surface area contributed by atoms with Crippen molar-refractivity contribution >= 4 is 11.9 Å². The van der Waals surface area contributed by atoms with E-state index >= 15 is 0 Å². The van der Waals surface area contributed by atoms with Crippen LogP contribution in [0.4, 0.5) is 4.79 Å². The van der Waals surface area contributed by atoms with Gasteiger partial charge in [-0.25, -0.2) is 4.79 Å². The highest BCUT2D eigenvalue weighted by atomic mass is 16.4. The van der Waals surface area contributed by atoms with Gasteiger partial charge in [-0.1, -0.05) is 74.5 Å². The number of nitrogens with zero attached hydrogens (tertiary/aromatic N) is 1. The van der Waals surface area contributed by atoms with Crippen LogP contribution < -0.4 is 5.32 Å². The molecule has 144 valence electrons. The van der Waals surface area contributed by atoms with Crippen molar-refractivity contribution < 1.29 is 14.7 Å². The first-order valence-corrected chi connectivity index (χ1v) is 9.26. The van der Waals surface area contributed by atoms with E-state index in [2.05, 4.69) is 10.2 Å². The molecule has 0 aliphatic heterocycles. The van der Waals surface area contributed by atoms with Crippen LogP contribution in [0.5, 0.6) is 0 Å². The van der Waals surface area contributed by atoms with Crippen molar-refractivity contribution in [2.75, 3.05) is 6.54 Å². The van der Waals surface area contributed by atoms with Crippen LogP contribution in [-0.4, -0.2) is 34.5 Å². The Hall–Kier alpha value is -2.66. The molecule has 2 rings (SSSR count). The van der Waals surface area contributed by atoms with E-state index in [1.807, 2.05) is 74.5 Å². The molecule has 0 fully saturated rings. The first-order chi connectivity index (χ1) is 12.9. The van der Waals surface area contributed by atoms with E-state index in [9.17, 15) is 9.59 Å². The van der Waals surface area contributed by atoms with Crippen molar-refractivity contribution in [3.63, 3.8) is 0 Å². The fourth-order valence-corrected chi connectivity index (χ4v) is 3.07. The maximum Gasteiger partial charge on any atom is 0.405 e. The summed E-state index contributed by atoms with van der Waals surface area (Å²) < 4.78 is 0. The number of carboxylic acid groups (broad SMARTS) is 1. The lowest BCUT2D eigenvalue weighted by Gasteiger charge is -2.25. The third kappa shape index (κ3) is 7.62. The molecular formula is C22H28N2O3. The van der Waals surface area contributed by atoms with Crippen molar-refractivity contribution in [3.8, 4) is 0 Å². The van der Waals surface area contributed by atoms with Crippen molar-refractivity contribution in [1.82, 2.24) is 10.2 Å². The summed E-state index contributed by atoms with van der Waals surface area (Å²) in [6, 6.07) is 19.3. The molecular weight excluding hydrogens is 340 g/mol. The minimum absolute atomic E-state index is 0.0991. The zero-order chi connectivity index (χ0) is 19.6. The molecule has 27 heavy (non-hydrogen) atoms. The number of Topliss-reactive ketones (excluding diaryl/α,β-unsaturated/α-hetero) is 1. The highest BCUT2D eigenvalue weighted by Gasteiger charge is 2.24. The molecule has 0 spiro atoms. The van der Waals surface area contributed by atoms with Crippen LogP contribution in [0, 0.1) is 5.92 Å². The van der Waals surface area contributed by atoms with E-state index in [0.717, 1.165) is 11.1 Å². The quantitative estimate of drug-likeness (QED) is 0.666. The van der Waals surface area contributed by atoms with Gasteiger partial charge in [-0.2, -0.15) is 0 Å². The zero-order valence-corrected chi connectivity index (χ0v) is 16.0. The molecule has 0 bridgehead atoms. The van der Waals surface area contributed by atoms with Gasteiger partial charge in [0.15, 0.2) is 5.78 Å². The first-order valence-electron chi connectivity index (χ1n) is 9.26. The van der Waals surface area contributed by atoms with E-state index in [1.54, 1.807) is 0 Å². The molecule has 1 unspecified atom stereocenters. The molecule has 0 aliphatic rings. The molecule has 0 aromatic heterocycles. The highest BCUT2D eigenvalue weighted by molar-refractivity contribution is 5.88. The average Bonchev–Trinajstić information content (AvgIpc) is 2.62. The molecule has 0 radical (unpaired) electrons. The molecule has 5 nitrogen and oxygen atoms in total. The molecule has 1 atom stereocenters. The predicted molar refractivity (Wildman–Crippen MR) is 106 cm³/mol. The number of hydrogen-bond acceptors (Lipinski definition) is 3. The van der Waals surface area contributed by atoms with Gasteiger partial charge in [0.1, 0.15) is 0 Å². The van der Waals surface area contributed by atoms with Crippen molar-refractivity contribution in [3.05, 3.63) is 71.8 Å². The summed E-state index contributed by atoms with van der Waals surface area (Å²) in [6.45, 7) is 5.42. The summed E-state index contributed by atoms with van der Waals surface area (Å²) in [7, 11) is 0. The van der Waals surface area contributed by atoms with E-state index in [-0.39, 0.29) is 18.2 Å². The molecule has 0 saturated heterocycles. The lowest BCUT2D eigenvalue weighted by Crippen LogP contribution is -2.45. The van der Waals surface area contributed by atoms with Crippen LogP contribution in [-0.2, 0) is 17.9 Å². The number of carbonyl (C=O) groups excluding carboxylic acids is 1. The van der Waals surface area contributed by atoms with Gasteiger partial charge in [0, 0.05) is 13.1 Å². The van der Waals surface area contributed by atoms with Crippen LogP contribution in [0.1, 0.15) is 31.4 Å². The standard InChI is InChI=1S/C22H28N2O3/c1-17(2)13-20(23-22(26)27)21(25)16-24(14-18-9-5-3-6-10-18)15-19-11-7-4-8-12-19/h3-12,17,20,23H,13-16H2,1-2H3,(H,26,27). The second-order valence-electron chi connectivity index (χ2n) is 7.21. The fraction of sp³-hybridized carbons (Fsp3) is 0.364. The van der Waals surface area contributed by atoms with Gasteiger partial charge in [-0.05, 0) is 23.5 Å². The van der Waals surface area contributed by atoms with Gasteiger partial charge in [0.2, 0.25) is 0 Å². The molecule has 1 amide bonds. The normalized spacial score (nSPS) is 12.1. The molecule has 2 aromatic carbocycles. The molecule has 0 saturated carbocycles. The Labute approximate surface area is 161 Å². The number of benzene rings is 2. The molecule has 2 aromatic rings. The SMILES string of the molecule is CC(C)CC(NC(=O)O)C(=O)CN(Cc1ccccc1)Cc1ccccc1. The molecule has 2 N–H and O–H groups in total. The monoisotopic (exact) mass is 368 g/mol. The number of carbonyl (C=O) groups is 2. The lowest BCUT2D eigenvalue weighted by atomic mass is 9.99. The van der Waals surface area contributed by atoms with Crippen LogP contribution in [0.3, 0.4) is 0 Å². The molecule has 0 heterocycles. The van der Waals surface area contributed by atoms with Crippen molar-refractivity contribution in [2.24, 2.45) is 5.92 Å². The summed E-state index contributed by atoms with van der Waals surface area (Å²) >= 11 is 0. The molecule has 0 aliphatic carbocycles. The largest absolute Gasteiger partial charge is 0.465 e. The van der Waals surface area contributed by atoms with E-state index < -0.39 is 12.1 Å². The second-order valence-corrected chi connectivity index (χ2v) is 7.21. The Morgan fingerprint density at radius 1 is 0.926 bits per heavy atom.